The summed E-state index contributed by atoms with van der Waals surface area (Å²) in [4.78, 5) is 4.01. The highest BCUT2D eigenvalue weighted by Gasteiger charge is 2.43. The lowest BCUT2D eigenvalue weighted by Gasteiger charge is -2.25. The predicted octanol–water partition coefficient (Wildman–Crippen LogP) is 8.81. The molecule has 3 unspecified atom stereocenters. The van der Waals surface area contributed by atoms with Crippen LogP contribution in [0.3, 0.4) is 0 Å². The average molecular weight is 633 g/mol. The van der Waals surface area contributed by atoms with Crippen LogP contribution in [0.2, 0.25) is 0 Å². The minimum Gasteiger partial charge on any atom is -0.429 e. The van der Waals surface area contributed by atoms with E-state index in [0.717, 1.165) is 23.3 Å². The lowest BCUT2D eigenvalue weighted by Crippen LogP contribution is -2.26. The first-order valence-electron chi connectivity index (χ1n) is 12.7. The summed E-state index contributed by atoms with van der Waals surface area (Å²) in [6.07, 6.45) is -9.45. The summed E-state index contributed by atoms with van der Waals surface area (Å²) in [6.45, 7) is 3.53. The summed E-state index contributed by atoms with van der Waals surface area (Å²) in [5.74, 6) is -14.8. The van der Waals surface area contributed by atoms with Crippen LogP contribution in [-0.2, 0) is 19.0 Å². The summed E-state index contributed by atoms with van der Waals surface area (Å²) in [5, 5.41) is 0. The Morgan fingerprint density at radius 3 is 1.95 bits per heavy atom. The molecule has 3 nitrogen and oxygen atoms in total. The van der Waals surface area contributed by atoms with E-state index in [4.69, 9.17) is 0 Å². The number of nitrogens with zero attached hydrogens (tertiary/aromatic N) is 1. The van der Waals surface area contributed by atoms with E-state index in [1.807, 2.05) is 0 Å². The van der Waals surface area contributed by atoms with Crippen LogP contribution in [0.4, 0.5) is 48.3 Å². The molecule has 0 aliphatic heterocycles. The van der Waals surface area contributed by atoms with Crippen molar-refractivity contribution in [3.05, 3.63) is 112 Å². The average Bonchev–Trinajstić information content (AvgIpc) is 3.32. The molecule has 232 valence electrons. The Kier molecular flexibility index (Phi) is 7.97. The fourth-order valence-corrected chi connectivity index (χ4v) is 5.19. The second-order valence-electron chi connectivity index (χ2n) is 10.0. The highest BCUT2D eigenvalue weighted by atomic mass is 19.4. The first-order valence-corrected chi connectivity index (χ1v) is 12.7. The minimum atomic E-state index is -5.53. The fourth-order valence-electron chi connectivity index (χ4n) is 5.19. The van der Waals surface area contributed by atoms with Gasteiger partial charge in [0.15, 0.2) is 11.6 Å². The van der Waals surface area contributed by atoms with Crippen molar-refractivity contribution in [2.24, 2.45) is 4.99 Å². The lowest BCUT2D eigenvalue weighted by atomic mass is 9.85. The summed E-state index contributed by atoms with van der Waals surface area (Å²) in [7, 11) is 0. The topological polar surface area (TPSA) is 30.8 Å². The molecule has 0 radical (unpaired) electrons. The van der Waals surface area contributed by atoms with Gasteiger partial charge in [-0.2, -0.15) is 8.78 Å². The maximum atomic E-state index is 15.3. The maximum Gasteiger partial charge on any atom is 0.573 e. The van der Waals surface area contributed by atoms with Crippen LogP contribution in [0.15, 0.2) is 65.4 Å². The van der Waals surface area contributed by atoms with Crippen molar-refractivity contribution in [1.82, 2.24) is 0 Å². The Bertz CT molecular complexity index is 1650. The molecule has 5 rings (SSSR count). The van der Waals surface area contributed by atoms with E-state index in [-0.39, 0.29) is 35.9 Å². The van der Waals surface area contributed by atoms with E-state index < -0.39 is 76.3 Å². The van der Waals surface area contributed by atoms with Crippen LogP contribution in [0.25, 0.3) is 5.57 Å². The highest BCUT2D eigenvalue weighted by molar-refractivity contribution is 5.77. The molecule has 44 heavy (non-hydrogen) atoms. The first kappa shape index (κ1) is 31.1. The maximum absolute atomic E-state index is 15.3. The van der Waals surface area contributed by atoms with E-state index in [0.29, 0.717) is 18.4 Å². The molecule has 0 bridgehead atoms. The molecule has 14 heteroatoms. The largest absolute Gasteiger partial charge is 0.573 e. The van der Waals surface area contributed by atoms with E-state index in [1.165, 1.54) is 0 Å². The lowest BCUT2D eigenvalue weighted by molar-refractivity contribution is -0.276. The van der Waals surface area contributed by atoms with Crippen molar-refractivity contribution in [3.8, 4) is 11.5 Å². The standard InChI is InChI=1S/C30H18F11NO2/c1-42-18-5-14-3-2-13(4-15(14)6-18)16-7-20(31)26(21(32)8-16)17-9-22(33)27(23(34)10-17)29(37,38)43-19-11-24(35)28(25(36)12-19)44-30(39,40)41/h2-4,7-12,18,20,26H,1,5-6H2. The van der Waals surface area contributed by atoms with Crippen molar-refractivity contribution < 1.29 is 57.8 Å². The van der Waals surface area contributed by atoms with Crippen molar-refractivity contribution >= 4 is 12.3 Å². The molecule has 0 saturated carbocycles. The molecule has 0 saturated heterocycles. The van der Waals surface area contributed by atoms with Gasteiger partial charge in [-0.1, -0.05) is 18.2 Å². The number of halogens is 11. The molecular formula is C30H18F11NO2. The Balaban J connectivity index is 1.39. The van der Waals surface area contributed by atoms with Crippen LogP contribution in [0.1, 0.15) is 33.7 Å². The second-order valence-corrected chi connectivity index (χ2v) is 10.0. The quantitative estimate of drug-likeness (QED) is 0.192. The number of allylic oxidation sites excluding steroid dienone is 4. The number of ether oxygens (including phenoxy) is 2. The molecule has 3 atom stereocenters. The number of fused-ring (bicyclic) bond motifs is 1. The van der Waals surface area contributed by atoms with Crippen LogP contribution >= 0.6 is 0 Å². The molecule has 3 aromatic rings. The number of rotatable bonds is 7. The highest BCUT2D eigenvalue weighted by Crippen LogP contribution is 2.43. The second kappa shape index (κ2) is 11.3. The molecule has 2 aliphatic carbocycles. The van der Waals surface area contributed by atoms with Crippen LogP contribution in [0, 0.1) is 23.3 Å². The van der Waals surface area contributed by atoms with Gasteiger partial charge >= 0.3 is 12.5 Å². The zero-order valence-corrected chi connectivity index (χ0v) is 22.0. The molecule has 3 aromatic carbocycles. The van der Waals surface area contributed by atoms with E-state index in [1.54, 1.807) is 18.2 Å². The van der Waals surface area contributed by atoms with E-state index >= 15 is 8.78 Å². The van der Waals surface area contributed by atoms with Gasteiger partial charge < -0.3 is 9.47 Å². The van der Waals surface area contributed by atoms with Crippen molar-refractivity contribution in [2.75, 3.05) is 0 Å². The smallest absolute Gasteiger partial charge is 0.429 e. The first-order chi connectivity index (χ1) is 20.6. The fraction of sp³-hybridized carbons (Fsp3) is 0.233. The molecule has 0 spiro atoms. The van der Waals surface area contributed by atoms with Crippen molar-refractivity contribution in [3.63, 3.8) is 0 Å². The monoisotopic (exact) mass is 633 g/mol. The normalized spacial score (nSPS) is 20.1. The van der Waals surface area contributed by atoms with Crippen molar-refractivity contribution in [2.45, 2.75) is 43.4 Å². The van der Waals surface area contributed by atoms with Gasteiger partial charge in [0.1, 0.15) is 34.9 Å². The molecule has 0 fully saturated rings. The molecular weight excluding hydrogens is 615 g/mol. The third kappa shape index (κ3) is 6.15. The summed E-state index contributed by atoms with van der Waals surface area (Å²) in [5.41, 5.74) is -0.222. The Hall–Kier alpha value is -4.36. The number of aliphatic imine (C=N–C) groups is 1. The third-order valence-corrected chi connectivity index (χ3v) is 7.11. The molecule has 2 aliphatic rings. The van der Waals surface area contributed by atoms with Crippen LogP contribution in [-0.4, -0.2) is 25.3 Å². The third-order valence-electron chi connectivity index (χ3n) is 7.11. The van der Waals surface area contributed by atoms with Gasteiger partial charge in [-0.15, -0.1) is 13.2 Å². The molecule has 0 amide bonds. The Morgan fingerprint density at radius 1 is 0.773 bits per heavy atom. The molecule has 0 heterocycles. The predicted molar refractivity (Wildman–Crippen MR) is 136 cm³/mol. The van der Waals surface area contributed by atoms with E-state index in [9.17, 15) is 39.5 Å². The Labute approximate surface area is 241 Å². The van der Waals surface area contributed by atoms with Gasteiger partial charge in [-0.3, -0.25) is 4.99 Å². The number of hydrogen-bond acceptors (Lipinski definition) is 3. The van der Waals surface area contributed by atoms with Gasteiger partial charge in [-0.05, 0) is 71.7 Å². The number of alkyl halides is 6. The van der Waals surface area contributed by atoms with Gasteiger partial charge in [-0.25, -0.2) is 26.3 Å². The summed E-state index contributed by atoms with van der Waals surface area (Å²) >= 11 is 0. The summed E-state index contributed by atoms with van der Waals surface area (Å²) < 4.78 is 162. The van der Waals surface area contributed by atoms with Gasteiger partial charge in [0.2, 0.25) is 5.75 Å². The molecule has 0 aromatic heterocycles. The van der Waals surface area contributed by atoms with Crippen molar-refractivity contribution in [1.29, 1.82) is 0 Å². The van der Waals surface area contributed by atoms with Crippen LogP contribution in [0.5, 0.6) is 11.5 Å². The zero-order chi connectivity index (χ0) is 32.1. The SMILES string of the molecule is C=NC1Cc2ccc(C3=CC(F)C(c4cc(F)c(C(F)(F)Oc5cc(F)c(OC(F)(F)F)c(F)c5)c(F)c4)C(F)=C3)cc2C1. The van der Waals surface area contributed by atoms with Gasteiger partial charge in [0, 0.05) is 12.1 Å². The number of hydrogen-bond donors (Lipinski definition) is 0. The minimum absolute atomic E-state index is 0.0162. The van der Waals surface area contributed by atoms with Gasteiger partial charge in [0.25, 0.3) is 0 Å². The van der Waals surface area contributed by atoms with Gasteiger partial charge in [0.05, 0.1) is 12.0 Å². The van der Waals surface area contributed by atoms with E-state index in [2.05, 4.69) is 21.2 Å². The van der Waals surface area contributed by atoms with Crippen LogP contribution < -0.4 is 9.47 Å². The zero-order valence-electron chi connectivity index (χ0n) is 22.0. The summed E-state index contributed by atoms with van der Waals surface area (Å²) in [6, 6.07) is 5.41. The Morgan fingerprint density at radius 2 is 1.39 bits per heavy atom. The molecule has 0 N–H and O–H groups in total. The number of benzene rings is 3.